The summed E-state index contributed by atoms with van der Waals surface area (Å²) in [5.41, 5.74) is 2.44. The van der Waals surface area contributed by atoms with Gasteiger partial charge in [-0.15, -0.1) is 0 Å². The molecule has 0 amide bonds. The highest BCUT2D eigenvalue weighted by Crippen LogP contribution is 2.12. The highest BCUT2D eigenvalue weighted by Gasteiger charge is 2.01. The summed E-state index contributed by atoms with van der Waals surface area (Å²) in [6.45, 7) is 4.20. The molecule has 76 valence electrons. The summed E-state index contributed by atoms with van der Waals surface area (Å²) in [6.07, 6.45) is 1.44. The summed E-state index contributed by atoms with van der Waals surface area (Å²) in [6, 6.07) is 8.11. The monoisotopic (exact) mass is 209 g/mol. The molecule has 0 aliphatic carbocycles. The largest absolute Gasteiger partial charge is 0.513 e. The third kappa shape index (κ3) is 3.44. The molecule has 1 aromatic carbocycles. The highest BCUT2D eigenvalue weighted by atomic mass is 32.1. The van der Waals surface area contributed by atoms with Gasteiger partial charge in [0.05, 0.1) is 5.76 Å². The molecule has 3 heteroatoms. The molecule has 2 N–H and O–H groups in total. The van der Waals surface area contributed by atoms with Crippen LogP contribution in [0.4, 0.5) is 0 Å². The van der Waals surface area contributed by atoms with Crippen LogP contribution in [0.1, 0.15) is 17.5 Å². The number of rotatable bonds is 5. The zero-order valence-corrected chi connectivity index (χ0v) is 8.93. The van der Waals surface area contributed by atoms with E-state index in [9.17, 15) is 0 Å². The SMILES string of the molecule is C=C(O)CCc1ccccc1CNS. The number of aliphatic hydroxyl groups excluding tert-OH is 1. The van der Waals surface area contributed by atoms with Crippen molar-refractivity contribution < 1.29 is 5.11 Å². The quantitative estimate of drug-likeness (QED) is 0.514. The van der Waals surface area contributed by atoms with Gasteiger partial charge in [-0.1, -0.05) is 43.7 Å². The number of hydrogen-bond donors (Lipinski definition) is 3. The van der Waals surface area contributed by atoms with Gasteiger partial charge in [-0.05, 0) is 17.5 Å². The first-order chi connectivity index (χ1) is 6.74. The summed E-state index contributed by atoms with van der Waals surface area (Å²) in [7, 11) is 0. The normalized spacial score (nSPS) is 10.1. The maximum Gasteiger partial charge on any atom is 0.0854 e. The van der Waals surface area contributed by atoms with Crippen LogP contribution < -0.4 is 4.72 Å². The van der Waals surface area contributed by atoms with E-state index in [0.29, 0.717) is 6.42 Å². The molecule has 0 atom stereocenters. The Hall–Kier alpha value is -0.930. The van der Waals surface area contributed by atoms with E-state index < -0.39 is 0 Å². The lowest BCUT2D eigenvalue weighted by Gasteiger charge is -2.07. The number of allylic oxidation sites excluding steroid dienone is 1. The molecule has 0 spiro atoms. The number of thiol groups is 1. The molecule has 0 saturated carbocycles. The third-order valence-corrected chi connectivity index (χ3v) is 2.23. The fraction of sp³-hybridized carbons (Fsp3) is 0.273. The Balaban J connectivity index is 2.68. The molecular formula is C11H15NOS. The van der Waals surface area contributed by atoms with E-state index in [1.807, 2.05) is 12.1 Å². The summed E-state index contributed by atoms with van der Waals surface area (Å²) in [5, 5.41) is 9.01. The molecule has 1 rings (SSSR count). The lowest BCUT2D eigenvalue weighted by atomic mass is 10.0. The number of benzene rings is 1. The minimum absolute atomic E-state index is 0.235. The van der Waals surface area contributed by atoms with Gasteiger partial charge in [-0.3, -0.25) is 4.72 Å². The first-order valence-electron chi connectivity index (χ1n) is 4.54. The van der Waals surface area contributed by atoms with Gasteiger partial charge in [0.1, 0.15) is 0 Å². The molecular weight excluding hydrogens is 194 g/mol. The Bertz CT molecular complexity index is 312. The van der Waals surface area contributed by atoms with Crippen molar-refractivity contribution in [3.63, 3.8) is 0 Å². The molecule has 0 aliphatic rings. The van der Waals surface area contributed by atoms with Crippen LogP contribution in [-0.4, -0.2) is 5.11 Å². The molecule has 0 radical (unpaired) electrons. The lowest BCUT2D eigenvalue weighted by Crippen LogP contribution is -2.02. The topological polar surface area (TPSA) is 32.3 Å². The molecule has 0 saturated heterocycles. The second-order valence-electron chi connectivity index (χ2n) is 3.17. The fourth-order valence-electron chi connectivity index (χ4n) is 1.34. The number of aliphatic hydroxyl groups is 1. The maximum absolute atomic E-state index is 9.01. The van der Waals surface area contributed by atoms with Crippen molar-refractivity contribution in [1.82, 2.24) is 4.72 Å². The highest BCUT2D eigenvalue weighted by molar-refractivity contribution is 7.78. The first-order valence-corrected chi connectivity index (χ1v) is 4.99. The van der Waals surface area contributed by atoms with Crippen molar-refractivity contribution in [3.05, 3.63) is 47.7 Å². The molecule has 2 nitrogen and oxygen atoms in total. The van der Waals surface area contributed by atoms with Crippen LogP contribution in [0.25, 0.3) is 0 Å². The van der Waals surface area contributed by atoms with Gasteiger partial charge in [-0.2, -0.15) is 0 Å². The summed E-state index contributed by atoms with van der Waals surface area (Å²) < 4.78 is 2.82. The summed E-state index contributed by atoms with van der Waals surface area (Å²) in [5.74, 6) is 0.235. The van der Waals surface area contributed by atoms with Gasteiger partial charge >= 0.3 is 0 Å². The van der Waals surface area contributed by atoms with Crippen LogP contribution >= 0.6 is 12.8 Å². The molecule has 0 fully saturated rings. The number of hydrogen-bond acceptors (Lipinski definition) is 3. The Morgan fingerprint density at radius 3 is 2.57 bits per heavy atom. The Kier molecular flexibility index (Phi) is 4.56. The van der Waals surface area contributed by atoms with E-state index in [0.717, 1.165) is 13.0 Å². The minimum Gasteiger partial charge on any atom is -0.513 e. The van der Waals surface area contributed by atoms with E-state index >= 15 is 0 Å². The predicted octanol–water partition coefficient (Wildman–Crippen LogP) is 2.63. The van der Waals surface area contributed by atoms with E-state index in [1.54, 1.807) is 0 Å². The number of nitrogens with one attached hydrogen (secondary N) is 1. The molecule has 1 aromatic rings. The van der Waals surface area contributed by atoms with Crippen molar-refractivity contribution in [2.24, 2.45) is 0 Å². The molecule has 0 aromatic heterocycles. The Morgan fingerprint density at radius 1 is 1.36 bits per heavy atom. The van der Waals surface area contributed by atoms with Crippen molar-refractivity contribution >= 4 is 12.8 Å². The molecule has 14 heavy (non-hydrogen) atoms. The van der Waals surface area contributed by atoms with Crippen molar-refractivity contribution in [2.45, 2.75) is 19.4 Å². The zero-order chi connectivity index (χ0) is 10.4. The van der Waals surface area contributed by atoms with Crippen LogP contribution in [-0.2, 0) is 13.0 Å². The average Bonchev–Trinajstić information content (AvgIpc) is 2.17. The Labute approximate surface area is 90.2 Å². The van der Waals surface area contributed by atoms with Gasteiger partial charge in [0.15, 0.2) is 0 Å². The molecule has 0 unspecified atom stereocenters. The van der Waals surface area contributed by atoms with Crippen LogP contribution in [0.3, 0.4) is 0 Å². The average molecular weight is 209 g/mol. The minimum atomic E-state index is 0.235. The molecule has 0 heterocycles. The van der Waals surface area contributed by atoms with Crippen molar-refractivity contribution in [3.8, 4) is 0 Å². The van der Waals surface area contributed by atoms with E-state index in [4.69, 9.17) is 5.11 Å². The second kappa shape index (κ2) is 5.73. The van der Waals surface area contributed by atoms with Gasteiger partial charge < -0.3 is 5.11 Å². The third-order valence-electron chi connectivity index (χ3n) is 2.07. The standard InChI is InChI=1S/C11H15NOS/c1-9(13)6-7-10-4-2-3-5-11(10)8-12-14/h2-5,12-14H,1,6-8H2. The van der Waals surface area contributed by atoms with Gasteiger partial charge in [0, 0.05) is 13.0 Å². The fourth-order valence-corrected chi connectivity index (χ4v) is 1.51. The van der Waals surface area contributed by atoms with E-state index in [-0.39, 0.29) is 5.76 Å². The maximum atomic E-state index is 9.01. The second-order valence-corrected chi connectivity index (χ2v) is 3.49. The predicted molar refractivity (Wildman–Crippen MR) is 62.4 cm³/mol. The van der Waals surface area contributed by atoms with Crippen LogP contribution in [0, 0.1) is 0 Å². The number of aryl methyl sites for hydroxylation is 1. The van der Waals surface area contributed by atoms with Crippen LogP contribution in [0.5, 0.6) is 0 Å². The zero-order valence-electron chi connectivity index (χ0n) is 8.03. The van der Waals surface area contributed by atoms with Crippen molar-refractivity contribution in [1.29, 1.82) is 0 Å². The molecule has 0 bridgehead atoms. The lowest BCUT2D eigenvalue weighted by molar-refractivity contribution is 0.391. The van der Waals surface area contributed by atoms with E-state index in [2.05, 4.69) is 36.2 Å². The van der Waals surface area contributed by atoms with E-state index in [1.165, 1.54) is 11.1 Å². The summed E-state index contributed by atoms with van der Waals surface area (Å²) in [4.78, 5) is 0. The smallest absolute Gasteiger partial charge is 0.0854 e. The van der Waals surface area contributed by atoms with Gasteiger partial charge in [0.25, 0.3) is 0 Å². The first kappa shape index (κ1) is 11.1. The van der Waals surface area contributed by atoms with Crippen LogP contribution in [0.2, 0.25) is 0 Å². The molecule has 0 aliphatic heterocycles. The Morgan fingerprint density at radius 2 is 2.00 bits per heavy atom. The van der Waals surface area contributed by atoms with Crippen LogP contribution in [0.15, 0.2) is 36.6 Å². The van der Waals surface area contributed by atoms with Gasteiger partial charge in [-0.25, -0.2) is 0 Å². The van der Waals surface area contributed by atoms with Crippen molar-refractivity contribution in [2.75, 3.05) is 0 Å². The van der Waals surface area contributed by atoms with Gasteiger partial charge in [0.2, 0.25) is 0 Å². The summed E-state index contributed by atoms with van der Waals surface area (Å²) >= 11 is 3.97.